The summed E-state index contributed by atoms with van der Waals surface area (Å²) < 4.78 is 12.9. The van der Waals surface area contributed by atoms with Gasteiger partial charge in [-0.2, -0.15) is 0 Å². The van der Waals surface area contributed by atoms with E-state index in [1.807, 2.05) is 24.3 Å². The number of halogens is 2. The highest BCUT2D eigenvalue weighted by molar-refractivity contribution is 5.86. The van der Waals surface area contributed by atoms with Gasteiger partial charge in [0.2, 0.25) is 0 Å². The molecule has 0 bridgehead atoms. The summed E-state index contributed by atoms with van der Waals surface area (Å²) in [6.45, 7) is 0.297. The molecule has 0 unspecified atom stereocenters. The van der Waals surface area contributed by atoms with Crippen molar-refractivity contribution in [3.05, 3.63) is 70.4 Å². The molecule has 0 aliphatic rings. The first-order chi connectivity index (χ1) is 9.67. The van der Waals surface area contributed by atoms with Crippen molar-refractivity contribution < 1.29 is 4.39 Å². The van der Waals surface area contributed by atoms with Gasteiger partial charge in [-0.15, -0.1) is 12.4 Å². The van der Waals surface area contributed by atoms with Gasteiger partial charge in [0.1, 0.15) is 5.82 Å². The fourth-order valence-electron chi connectivity index (χ4n) is 2.25. The highest BCUT2D eigenvalue weighted by Gasteiger charge is 2.04. The van der Waals surface area contributed by atoms with E-state index in [-0.39, 0.29) is 23.8 Å². The van der Waals surface area contributed by atoms with Crippen LogP contribution in [0.2, 0.25) is 0 Å². The molecule has 1 aromatic heterocycles. The molecule has 0 atom stereocenters. The number of pyridine rings is 1. The first kappa shape index (κ1) is 15.2. The van der Waals surface area contributed by atoms with E-state index >= 15 is 0 Å². The summed E-state index contributed by atoms with van der Waals surface area (Å²) in [5.41, 5.74) is 7.83. The molecule has 3 aromatic rings. The van der Waals surface area contributed by atoms with Crippen molar-refractivity contribution in [2.75, 3.05) is 0 Å². The number of aromatic amines is 1. The van der Waals surface area contributed by atoms with Crippen LogP contribution in [0.4, 0.5) is 4.39 Å². The van der Waals surface area contributed by atoms with Crippen LogP contribution < -0.4 is 11.3 Å². The van der Waals surface area contributed by atoms with Crippen LogP contribution in [0.15, 0.2) is 53.3 Å². The summed E-state index contributed by atoms with van der Waals surface area (Å²) in [4.78, 5) is 14.8. The minimum Gasteiger partial charge on any atom is -0.325 e. The topological polar surface area (TPSA) is 58.9 Å². The van der Waals surface area contributed by atoms with E-state index in [9.17, 15) is 9.18 Å². The van der Waals surface area contributed by atoms with Gasteiger partial charge < -0.3 is 10.7 Å². The van der Waals surface area contributed by atoms with Gasteiger partial charge >= 0.3 is 0 Å². The van der Waals surface area contributed by atoms with E-state index in [4.69, 9.17) is 5.73 Å². The number of aromatic nitrogens is 1. The molecule has 0 saturated carbocycles. The molecular formula is C16H14ClFN2O. The van der Waals surface area contributed by atoms with Gasteiger partial charge in [-0.1, -0.05) is 24.3 Å². The van der Waals surface area contributed by atoms with E-state index in [0.29, 0.717) is 17.6 Å². The summed E-state index contributed by atoms with van der Waals surface area (Å²) >= 11 is 0. The number of rotatable bonds is 2. The summed E-state index contributed by atoms with van der Waals surface area (Å²) in [7, 11) is 0. The Morgan fingerprint density at radius 1 is 1.00 bits per heavy atom. The van der Waals surface area contributed by atoms with E-state index in [2.05, 4.69) is 4.98 Å². The van der Waals surface area contributed by atoms with Crippen LogP contribution >= 0.6 is 12.4 Å². The van der Waals surface area contributed by atoms with E-state index in [1.165, 1.54) is 12.1 Å². The molecule has 0 radical (unpaired) electrons. The van der Waals surface area contributed by atoms with Crippen molar-refractivity contribution in [2.45, 2.75) is 6.54 Å². The average molecular weight is 305 g/mol. The molecule has 2 aromatic carbocycles. The van der Waals surface area contributed by atoms with Gasteiger partial charge in [-0.05, 0) is 40.8 Å². The molecule has 5 heteroatoms. The van der Waals surface area contributed by atoms with Crippen LogP contribution in [0.3, 0.4) is 0 Å². The molecule has 3 rings (SSSR count). The minimum absolute atomic E-state index is 0. The maximum atomic E-state index is 12.9. The Morgan fingerprint density at radius 3 is 2.33 bits per heavy atom. The van der Waals surface area contributed by atoms with E-state index in [0.717, 1.165) is 16.5 Å². The second-order valence-corrected chi connectivity index (χ2v) is 4.64. The highest BCUT2D eigenvalue weighted by Crippen LogP contribution is 2.23. The molecule has 1 heterocycles. The maximum absolute atomic E-state index is 12.9. The lowest BCUT2D eigenvalue weighted by Crippen LogP contribution is -2.11. The molecule has 0 fully saturated rings. The second-order valence-electron chi connectivity index (χ2n) is 4.64. The van der Waals surface area contributed by atoms with Crippen LogP contribution in [-0.4, -0.2) is 4.98 Å². The molecule has 108 valence electrons. The molecule has 0 aliphatic heterocycles. The zero-order valence-corrected chi connectivity index (χ0v) is 11.9. The van der Waals surface area contributed by atoms with Gasteiger partial charge in [0.15, 0.2) is 0 Å². The fraction of sp³-hybridized carbons (Fsp3) is 0.0625. The van der Waals surface area contributed by atoms with Crippen LogP contribution in [0.25, 0.3) is 21.9 Å². The summed E-state index contributed by atoms with van der Waals surface area (Å²) in [5, 5.41) is 1.45. The third-order valence-electron chi connectivity index (χ3n) is 3.30. The summed E-state index contributed by atoms with van der Waals surface area (Å²) in [6.07, 6.45) is 0. The Labute approximate surface area is 127 Å². The summed E-state index contributed by atoms with van der Waals surface area (Å²) in [6, 6.07) is 13.7. The quantitative estimate of drug-likeness (QED) is 0.764. The zero-order chi connectivity index (χ0) is 14.1. The number of H-pyrrole nitrogens is 1. The van der Waals surface area contributed by atoms with E-state index < -0.39 is 0 Å². The molecule has 3 nitrogen and oxygen atoms in total. The number of nitrogens with two attached hydrogens (primary N) is 1. The van der Waals surface area contributed by atoms with Crippen molar-refractivity contribution in [1.29, 1.82) is 0 Å². The Bertz CT molecular complexity index is 828. The van der Waals surface area contributed by atoms with E-state index in [1.54, 1.807) is 12.1 Å². The number of fused-ring (bicyclic) bond motifs is 1. The van der Waals surface area contributed by atoms with Gasteiger partial charge in [-0.25, -0.2) is 4.39 Å². The van der Waals surface area contributed by atoms with Crippen molar-refractivity contribution in [2.24, 2.45) is 5.73 Å². The van der Waals surface area contributed by atoms with Crippen LogP contribution in [-0.2, 0) is 6.54 Å². The Morgan fingerprint density at radius 2 is 1.67 bits per heavy atom. The van der Waals surface area contributed by atoms with Crippen LogP contribution in [0.1, 0.15) is 5.69 Å². The van der Waals surface area contributed by atoms with Gasteiger partial charge in [0, 0.05) is 17.6 Å². The molecular weight excluding hydrogens is 291 g/mol. The minimum atomic E-state index is -0.278. The standard InChI is InChI=1S/C16H13FN2O.ClH/c17-13-5-3-10(4-6-13)11-1-2-12-7-14(9-18)19-16(20)15(12)8-11;/h1-8H,9,18H2,(H,19,20);1H. The number of hydrogen-bond donors (Lipinski definition) is 2. The largest absolute Gasteiger partial charge is 0.325 e. The molecule has 0 aliphatic carbocycles. The van der Waals surface area contributed by atoms with Crippen molar-refractivity contribution in [1.82, 2.24) is 4.98 Å². The first-order valence-electron chi connectivity index (χ1n) is 6.29. The number of hydrogen-bond acceptors (Lipinski definition) is 2. The monoisotopic (exact) mass is 304 g/mol. The highest BCUT2D eigenvalue weighted by atomic mass is 35.5. The normalized spacial score (nSPS) is 10.4. The van der Waals surface area contributed by atoms with Gasteiger partial charge in [0.05, 0.1) is 0 Å². The SMILES string of the molecule is Cl.NCc1cc2ccc(-c3ccc(F)cc3)cc2c(=O)[nH]1. The lowest BCUT2D eigenvalue weighted by atomic mass is 10.0. The average Bonchev–Trinajstić information content (AvgIpc) is 2.47. The molecule has 0 amide bonds. The van der Waals surface area contributed by atoms with Crippen LogP contribution in [0.5, 0.6) is 0 Å². The summed E-state index contributed by atoms with van der Waals surface area (Å²) in [5.74, 6) is -0.278. The predicted molar refractivity (Wildman–Crippen MR) is 85.1 cm³/mol. The number of nitrogens with one attached hydrogen (secondary N) is 1. The second kappa shape index (κ2) is 6.08. The van der Waals surface area contributed by atoms with Crippen molar-refractivity contribution in [3.63, 3.8) is 0 Å². The van der Waals surface area contributed by atoms with Crippen LogP contribution in [0, 0.1) is 5.82 Å². The Balaban J connectivity index is 0.00000161. The van der Waals surface area contributed by atoms with Gasteiger partial charge in [0.25, 0.3) is 5.56 Å². The van der Waals surface area contributed by atoms with Crippen molar-refractivity contribution in [3.8, 4) is 11.1 Å². The van der Waals surface area contributed by atoms with Crippen molar-refractivity contribution >= 4 is 23.2 Å². The maximum Gasteiger partial charge on any atom is 0.256 e. The lowest BCUT2D eigenvalue weighted by Gasteiger charge is -2.05. The fourth-order valence-corrected chi connectivity index (χ4v) is 2.25. The predicted octanol–water partition coefficient (Wildman–Crippen LogP) is 3.21. The molecule has 0 saturated heterocycles. The van der Waals surface area contributed by atoms with Gasteiger partial charge in [-0.3, -0.25) is 4.79 Å². The Kier molecular flexibility index (Phi) is 4.40. The Hall–Kier alpha value is -2.17. The lowest BCUT2D eigenvalue weighted by molar-refractivity contribution is 0.628. The molecule has 21 heavy (non-hydrogen) atoms. The third kappa shape index (κ3) is 2.96. The zero-order valence-electron chi connectivity index (χ0n) is 11.1. The molecule has 0 spiro atoms. The first-order valence-corrected chi connectivity index (χ1v) is 6.29. The molecule has 3 N–H and O–H groups in total. The third-order valence-corrected chi connectivity index (χ3v) is 3.30. The number of benzene rings is 2. The smallest absolute Gasteiger partial charge is 0.256 e.